The highest BCUT2D eigenvalue weighted by atomic mass is 16.5. The van der Waals surface area contributed by atoms with E-state index in [2.05, 4.69) is 10.6 Å². The average Bonchev–Trinajstić information content (AvgIpc) is 2.96. The van der Waals surface area contributed by atoms with Gasteiger partial charge in [0.05, 0.1) is 39.0 Å². The molecule has 0 aliphatic heterocycles. The number of rotatable bonds is 11. The second kappa shape index (κ2) is 9.92. The van der Waals surface area contributed by atoms with Crippen LogP contribution in [0.1, 0.15) is 12.2 Å². The third-order valence-corrected chi connectivity index (χ3v) is 2.60. The van der Waals surface area contributed by atoms with Gasteiger partial charge in [-0.05, 0) is 12.1 Å². The fraction of sp³-hybridized carbons (Fsp3) is 0.538. The van der Waals surface area contributed by atoms with Crippen LogP contribution in [-0.4, -0.2) is 54.5 Å². The van der Waals surface area contributed by atoms with Crippen LogP contribution in [0.3, 0.4) is 0 Å². The van der Waals surface area contributed by atoms with E-state index >= 15 is 0 Å². The summed E-state index contributed by atoms with van der Waals surface area (Å²) in [6.45, 7) is 0.874. The topological polar surface area (TPSA) is 121 Å². The van der Waals surface area contributed by atoms with Crippen LogP contribution in [0.2, 0.25) is 0 Å². The van der Waals surface area contributed by atoms with Crippen molar-refractivity contribution in [2.75, 3.05) is 26.4 Å². The summed E-state index contributed by atoms with van der Waals surface area (Å²) in [7, 11) is 0. The number of carboxylic acid groups (broad SMARTS) is 1. The van der Waals surface area contributed by atoms with Crippen molar-refractivity contribution in [3.05, 3.63) is 24.2 Å². The first-order chi connectivity index (χ1) is 10.1. The summed E-state index contributed by atoms with van der Waals surface area (Å²) in [6.07, 6.45) is 1.31. The Kier molecular flexibility index (Phi) is 8.10. The predicted octanol–water partition coefficient (Wildman–Crippen LogP) is -0.662. The first-order valence-electron chi connectivity index (χ1n) is 6.57. The van der Waals surface area contributed by atoms with Crippen LogP contribution in [0.25, 0.3) is 0 Å². The maximum absolute atomic E-state index is 11.7. The molecule has 0 aliphatic rings. The Bertz CT molecular complexity index is 420. The number of nitrogens with one attached hydrogen (secondary N) is 2. The van der Waals surface area contributed by atoms with Crippen molar-refractivity contribution in [3.63, 3.8) is 0 Å². The van der Waals surface area contributed by atoms with Gasteiger partial charge in [0.15, 0.2) is 0 Å². The molecule has 21 heavy (non-hydrogen) atoms. The number of carbonyl (C=O) groups is 2. The number of aliphatic carboxylic acids is 1. The van der Waals surface area contributed by atoms with E-state index in [-0.39, 0.29) is 45.2 Å². The molecule has 0 saturated carbocycles. The van der Waals surface area contributed by atoms with Crippen LogP contribution < -0.4 is 10.6 Å². The van der Waals surface area contributed by atoms with Crippen LogP contribution >= 0.6 is 0 Å². The Morgan fingerprint density at radius 3 is 2.81 bits per heavy atom. The molecule has 1 aromatic heterocycles. The van der Waals surface area contributed by atoms with Gasteiger partial charge in [0.2, 0.25) is 5.91 Å². The van der Waals surface area contributed by atoms with E-state index in [0.717, 1.165) is 0 Å². The van der Waals surface area contributed by atoms with Crippen molar-refractivity contribution >= 4 is 11.9 Å². The minimum atomic E-state index is -1.11. The number of aliphatic hydroxyl groups is 1. The van der Waals surface area contributed by atoms with E-state index in [0.29, 0.717) is 5.76 Å². The molecule has 0 aromatic carbocycles. The summed E-state index contributed by atoms with van der Waals surface area (Å²) >= 11 is 0. The second-order valence-electron chi connectivity index (χ2n) is 4.24. The molecular weight excluding hydrogens is 280 g/mol. The molecule has 1 heterocycles. The van der Waals surface area contributed by atoms with E-state index in [4.69, 9.17) is 19.4 Å². The number of carbonyl (C=O) groups excluding carboxylic acids is 1. The van der Waals surface area contributed by atoms with Crippen molar-refractivity contribution in [1.82, 2.24) is 10.6 Å². The van der Waals surface area contributed by atoms with Crippen LogP contribution in [0.4, 0.5) is 0 Å². The van der Waals surface area contributed by atoms with Gasteiger partial charge < -0.3 is 30.0 Å². The van der Waals surface area contributed by atoms with Gasteiger partial charge in [0, 0.05) is 6.54 Å². The van der Waals surface area contributed by atoms with Gasteiger partial charge in [0.25, 0.3) is 0 Å². The van der Waals surface area contributed by atoms with Crippen molar-refractivity contribution in [2.45, 2.75) is 19.0 Å². The van der Waals surface area contributed by atoms with Gasteiger partial charge in [-0.2, -0.15) is 0 Å². The van der Waals surface area contributed by atoms with Gasteiger partial charge in [-0.1, -0.05) is 0 Å². The van der Waals surface area contributed by atoms with Crippen LogP contribution in [0.15, 0.2) is 22.8 Å². The number of ether oxygens (including phenoxy) is 1. The number of aliphatic hydroxyl groups excluding tert-OH is 1. The lowest BCUT2D eigenvalue weighted by molar-refractivity contribution is -0.141. The highest BCUT2D eigenvalue weighted by Crippen LogP contribution is 1.99. The van der Waals surface area contributed by atoms with Crippen molar-refractivity contribution < 1.29 is 29.0 Å². The SMILES string of the molecule is O=C(C[C@@H](NCCOCCO)C(=O)O)NCc1ccco1. The molecule has 1 rings (SSSR count). The molecule has 0 bridgehead atoms. The smallest absolute Gasteiger partial charge is 0.321 e. The first kappa shape index (κ1) is 17.2. The highest BCUT2D eigenvalue weighted by Gasteiger charge is 2.20. The molecule has 0 saturated heterocycles. The lowest BCUT2D eigenvalue weighted by Crippen LogP contribution is -2.42. The minimum Gasteiger partial charge on any atom is -0.480 e. The molecular formula is C13H20N2O6. The zero-order valence-electron chi connectivity index (χ0n) is 11.6. The molecule has 8 heteroatoms. The quantitative estimate of drug-likeness (QED) is 0.400. The molecule has 8 nitrogen and oxygen atoms in total. The number of furan rings is 1. The molecule has 0 radical (unpaired) electrons. The van der Waals surface area contributed by atoms with E-state index in [9.17, 15) is 9.59 Å². The largest absolute Gasteiger partial charge is 0.480 e. The molecule has 4 N–H and O–H groups in total. The lowest BCUT2D eigenvalue weighted by atomic mass is 10.2. The molecule has 0 unspecified atom stereocenters. The normalized spacial score (nSPS) is 12.0. The summed E-state index contributed by atoms with van der Waals surface area (Å²) in [5.41, 5.74) is 0. The summed E-state index contributed by atoms with van der Waals surface area (Å²) in [5, 5.41) is 22.8. The van der Waals surface area contributed by atoms with Gasteiger partial charge in [0.1, 0.15) is 11.8 Å². The van der Waals surface area contributed by atoms with E-state index < -0.39 is 12.0 Å². The summed E-state index contributed by atoms with van der Waals surface area (Å²) in [5.74, 6) is -0.895. The Morgan fingerprint density at radius 1 is 1.38 bits per heavy atom. The van der Waals surface area contributed by atoms with Gasteiger partial charge >= 0.3 is 5.97 Å². The maximum Gasteiger partial charge on any atom is 0.321 e. The fourth-order valence-electron chi connectivity index (χ4n) is 1.58. The second-order valence-corrected chi connectivity index (χ2v) is 4.24. The standard InChI is InChI=1S/C13H20N2O6/c16-4-7-20-6-3-14-11(13(18)19)8-12(17)15-9-10-2-1-5-21-10/h1-2,5,11,14,16H,3-4,6-9H2,(H,15,17)(H,18,19)/t11-/m1/s1. The van der Waals surface area contributed by atoms with Crippen LogP contribution in [0, 0.1) is 0 Å². The first-order valence-corrected chi connectivity index (χ1v) is 6.57. The van der Waals surface area contributed by atoms with Crippen molar-refractivity contribution in [2.24, 2.45) is 0 Å². The van der Waals surface area contributed by atoms with Crippen molar-refractivity contribution in [1.29, 1.82) is 0 Å². The fourth-order valence-corrected chi connectivity index (χ4v) is 1.58. The molecule has 0 aliphatic carbocycles. The summed E-state index contributed by atoms with van der Waals surface area (Å²) in [6, 6.07) is 2.43. The van der Waals surface area contributed by atoms with Gasteiger partial charge in [-0.15, -0.1) is 0 Å². The van der Waals surface area contributed by atoms with Crippen LogP contribution in [0.5, 0.6) is 0 Å². The van der Waals surface area contributed by atoms with E-state index in [1.54, 1.807) is 12.1 Å². The number of amides is 1. The van der Waals surface area contributed by atoms with Crippen molar-refractivity contribution in [3.8, 4) is 0 Å². The monoisotopic (exact) mass is 300 g/mol. The molecule has 1 atom stereocenters. The van der Waals surface area contributed by atoms with Crippen LogP contribution in [-0.2, 0) is 20.9 Å². The summed E-state index contributed by atoms with van der Waals surface area (Å²) in [4.78, 5) is 22.7. The maximum atomic E-state index is 11.7. The lowest BCUT2D eigenvalue weighted by Gasteiger charge is -2.14. The Labute approximate surface area is 122 Å². The molecule has 1 aromatic rings. The number of hydrogen-bond donors (Lipinski definition) is 4. The molecule has 0 spiro atoms. The predicted molar refractivity (Wildman–Crippen MR) is 72.5 cm³/mol. The van der Waals surface area contributed by atoms with E-state index in [1.807, 2.05) is 0 Å². The van der Waals surface area contributed by atoms with E-state index in [1.165, 1.54) is 6.26 Å². The van der Waals surface area contributed by atoms with Gasteiger partial charge in [-0.3, -0.25) is 9.59 Å². The molecule has 0 fully saturated rings. The third kappa shape index (κ3) is 7.45. The molecule has 118 valence electrons. The van der Waals surface area contributed by atoms with Gasteiger partial charge in [-0.25, -0.2) is 0 Å². The summed E-state index contributed by atoms with van der Waals surface area (Å²) < 4.78 is 10.1. The number of hydrogen-bond acceptors (Lipinski definition) is 6. The zero-order valence-corrected chi connectivity index (χ0v) is 11.6. The average molecular weight is 300 g/mol. The highest BCUT2D eigenvalue weighted by molar-refractivity contribution is 5.84. The Balaban J connectivity index is 2.25. The minimum absolute atomic E-state index is 0.0858. The Morgan fingerprint density at radius 2 is 2.19 bits per heavy atom. The molecule has 1 amide bonds. The zero-order chi connectivity index (χ0) is 15.5. The number of carboxylic acids is 1. The third-order valence-electron chi connectivity index (χ3n) is 2.60. The Hall–Kier alpha value is -1.90.